The first-order valence-electron chi connectivity index (χ1n) is 8.92. The lowest BCUT2D eigenvalue weighted by Crippen LogP contribution is -2.51. The van der Waals surface area contributed by atoms with E-state index in [1.165, 1.54) is 0 Å². The number of nitrogens with two attached hydrogens (primary N) is 1. The second-order valence-electron chi connectivity index (χ2n) is 6.43. The van der Waals surface area contributed by atoms with Crippen LogP contribution in [0.1, 0.15) is 15.9 Å². The molecular formula is C20H24Cl2N4O2. The molecular weight excluding hydrogens is 399 g/mol. The summed E-state index contributed by atoms with van der Waals surface area (Å²) in [7, 11) is 0. The second kappa shape index (κ2) is 10.3. The number of hydrogen-bond acceptors (Lipinski definition) is 4. The zero-order valence-corrected chi connectivity index (χ0v) is 17.0. The summed E-state index contributed by atoms with van der Waals surface area (Å²) in [6.45, 7) is 3.14. The van der Waals surface area contributed by atoms with Gasteiger partial charge in [-0.2, -0.15) is 0 Å². The first-order valence-corrected chi connectivity index (χ1v) is 9.30. The molecule has 0 spiro atoms. The second-order valence-corrected chi connectivity index (χ2v) is 6.87. The summed E-state index contributed by atoms with van der Waals surface area (Å²) in [4.78, 5) is 28.5. The van der Waals surface area contributed by atoms with Crippen molar-refractivity contribution in [2.24, 2.45) is 5.73 Å². The van der Waals surface area contributed by atoms with Crippen LogP contribution in [-0.4, -0.2) is 49.4 Å². The molecule has 3 rings (SSSR count). The van der Waals surface area contributed by atoms with Crippen LogP contribution in [0.25, 0.3) is 0 Å². The van der Waals surface area contributed by atoms with Crippen molar-refractivity contribution in [2.45, 2.75) is 6.54 Å². The van der Waals surface area contributed by atoms with E-state index in [9.17, 15) is 9.59 Å². The van der Waals surface area contributed by atoms with Crippen molar-refractivity contribution in [2.75, 3.05) is 37.6 Å². The highest BCUT2D eigenvalue weighted by Crippen LogP contribution is 2.20. The fourth-order valence-electron chi connectivity index (χ4n) is 3.05. The number of halogens is 2. The zero-order valence-electron chi connectivity index (χ0n) is 15.4. The van der Waals surface area contributed by atoms with E-state index in [1.807, 2.05) is 36.4 Å². The van der Waals surface area contributed by atoms with Crippen LogP contribution in [0.4, 0.5) is 5.69 Å². The molecule has 0 saturated carbocycles. The van der Waals surface area contributed by atoms with Gasteiger partial charge in [-0.25, -0.2) is 0 Å². The van der Waals surface area contributed by atoms with E-state index in [2.05, 4.69) is 10.2 Å². The van der Waals surface area contributed by atoms with E-state index in [0.717, 1.165) is 24.3 Å². The Hall–Kier alpha value is -2.28. The van der Waals surface area contributed by atoms with E-state index >= 15 is 0 Å². The van der Waals surface area contributed by atoms with Crippen LogP contribution in [0.5, 0.6) is 0 Å². The molecule has 1 saturated heterocycles. The van der Waals surface area contributed by atoms with Crippen molar-refractivity contribution in [3.63, 3.8) is 0 Å². The Bertz CT molecular complexity index is 806. The molecule has 1 fully saturated rings. The van der Waals surface area contributed by atoms with Crippen molar-refractivity contribution < 1.29 is 9.59 Å². The van der Waals surface area contributed by atoms with E-state index in [4.69, 9.17) is 17.3 Å². The minimum absolute atomic E-state index is 0. The van der Waals surface area contributed by atoms with Gasteiger partial charge in [-0.05, 0) is 35.9 Å². The van der Waals surface area contributed by atoms with E-state index < -0.39 is 0 Å². The largest absolute Gasteiger partial charge is 0.368 e. The average molecular weight is 423 g/mol. The zero-order chi connectivity index (χ0) is 19.2. The number of nitrogens with zero attached hydrogens (tertiary/aromatic N) is 2. The van der Waals surface area contributed by atoms with Crippen molar-refractivity contribution in [3.8, 4) is 0 Å². The third kappa shape index (κ3) is 5.61. The van der Waals surface area contributed by atoms with Gasteiger partial charge >= 0.3 is 0 Å². The Morgan fingerprint density at radius 3 is 2.32 bits per heavy atom. The molecule has 6 nitrogen and oxygen atoms in total. The quantitative estimate of drug-likeness (QED) is 0.774. The number of anilines is 1. The number of rotatable bonds is 5. The van der Waals surface area contributed by atoms with Gasteiger partial charge in [0.15, 0.2) is 0 Å². The number of amides is 2. The summed E-state index contributed by atoms with van der Waals surface area (Å²) in [5.41, 5.74) is 8.09. The summed E-state index contributed by atoms with van der Waals surface area (Å²) in [5, 5.41) is 3.39. The lowest BCUT2D eigenvalue weighted by atomic mass is 10.1. The lowest BCUT2D eigenvalue weighted by Gasteiger charge is -2.36. The van der Waals surface area contributed by atoms with Gasteiger partial charge in [0.1, 0.15) is 0 Å². The third-order valence-electron chi connectivity index (χ3n) is 4.66. The monoisotopic (exact) mass is 422 g/mol. The molecule has 0 aromatic heterocycles. The molecule has 0 radical (unpaired) electrons. The van der Waals surface area contributed by atoms with Crippen molar-refractivity contribution in [1.82, 2.24) is 10.2 Å². The van der Waals surface area contributed by atoms with E-state index in [0.29, 0.717) is 30.2 Å². The molecule has 1 aliphatic rings. The molecule has 0 bridgehead atoms. The third-order valence-corrected chi connectivity index (χ3v) is 4.89. The van der Waals surface area contributed by atoms with Crippen LogP contribution in [0, 0.1) is 0 Å². The Morgan fingerprint density at radius 2 is 1.71 bits per heavy atom. The van der Waals surface area contributed by atoms with Crippen LogP contribution in [0.15, 0.2) is 48.5 Å². The SMILES string of the molecule is Cl.NCc1ccc(C(=O)NCC(=O)N2CCN(c3cccc(Cl)c3)CC2)cc1. The first-order chi connectivity index (χ1) is 13.1. The topological polar surface area (TPSA) is 78.7 Å². The molecule has 8 heteroatoms. The number of carbonyl (C=O) groups excluding carboxylic acids is 2. The molecule has 0 atom stereocenters. The number of nitrogens with one attached hydrogen (secondary N) is 1. The summed E-state index contributed by atoms with van der Waals surface area (Å²) in [5.74, 6) is -0.336. The van der Waals surface area contributed by atoms with Crippen molar-refractivity contribution >= 4 is 41.5 Å². The Morgan fingerprint density at radius 1 is 1.04 bits per heavy atom. The number of benzene rings is 2. The first kappa shape index (κ1) is 22.0. The molecule has 1 heterocycles. The highest BCUT2D eigenvalue weighted by Gasteiger charge is 2.21. The predicted octanol–water partition coefficient (Wildman–Crippen LogP) is 2.30. The van der Waals surface area contributed by atoms with Crippen LogP contribution in [-0.2, 0) is 11.3 Å². The van der Waals surface area contributed by atoms with Gasteiger partial charge in [0.2, 0.25) is 5.91 Å². The Labute approximate surface area is 176 Å². The van der Waals surface area contributed by atoms with Gasteiger partial charge < -0.3 is 20.9 Å². The lowest BCUT2D eigenvalue weighted by molar-refractivity contribution is -0.130. The summed E-state index contributed by atoms with van der Waals surface area (Å²) < 4.78 is 0. The normalized spacial score (nSPS) is 13.6. The molecule has 2 aromatic rings. The Kier molecular flexibility index (Phi) is 8.11. The van der Waals surface area contributed by atoms with Crippen molar-refractivity contribution in [1.29, 1.82) is 0 Å². The van der Waals surface area contributed by atoms with Gasteiger partial charge in [0.25, 0.3) is 5.91 Å². The van der Waals surface area contributed by atoms with Crippen molar-refractivity contribution in [3.05, 3.63) is 64.7 Å². The van der Waals surface area contributed by atoms with E-state index in [1.54, 1.807) is 17.0 Å². The maximum absolute atomic E-state index is 12.4. The minimum Gasteiger partial charge on any atom is -0.368 e. The summed E-state index contributed by atoms with van der Waals surface area (Å²) in [6, 6.07) is 14.8. The van der Waals surface area contributed by atoms with Gasteiger partial charge in [0.05, 0.1) is 6.54 Å². The van der Waals surface area contributed by atoms with Gasteiger partial charge in [-0.1, -0.05) is 29.8 Å². The maximum atomic E-state index is 12.4. The standard InChI is InChI=1S/C20H23ClN4O2.ClH/c21-17-2-1-3-18(12-17)24-8-10-25(11-9-24)19(26)14-23-20(27)16-6-4-15(13-22)5-7-16;/h1-7,12H,8-11,13-14,22H2,(H,23,27);1H. The molecule has 3 N–H and O–H groups in total. The number of hydrogen-bond donors (Lipinski definition) is 2. The predicted molar refractivity (Wildman–Crippen MR) is 114 cm³/mol. The summed E-state index contributed by atoms with van der Waals surface area (Å²) in [6.07, 6.45) is 0. The summed E-state index contributed by atoms with van der Waals surface area (Å²) >= 11 is 6.04. The van der Waals surface area contributed by atoms with Gasteiger partial charge in [0, 0.05) is 49.0 Å². The smallest absolute Gasteiger partial charge is 0.251 e. The van der Waals surface area contributed by atoms with Crippen LogP contribution in [0.3, 0.4) is 0 Å². The van der Waals surface area contributed by atoms with Crippen LogP contribution < -0.4 is 16.0 Å². The fraction of sp³-hybridized carbons (Fsp3) is 0.300. The molecule has 1 aliphatic heterocycles. The molecule has 2 amide bonds. The average Bonchev–Trinajstić information content (AvgIpc) is 2.72. The Balaban J connectivity index is 0.00000280. The molecule has 28 heavy (non-hydrogen) atoms. The highest BCUT2D eigenvalue weighted by atomic mass is 35.5. The molecule has 150 valence electrons. The number of piperazine rings is 1. The van der Waals surface area contributed by atoms with Gasteiger partial charge in [-0.15, -0.1) is 12.4 Å². The van der Waals surface area contributed by atoms with E-state index in [-0.39, 0.29) is 30.8 Å². The van der Waals surface area contributed by atoms with Crippen LogP contribution in [0.2, 0.25) is 5.02 Å². The fourth-order valence-corrected chi connectivity index (χ4v) is 3.23. The van der Waals surface area contributed by atoms with Crippen LogP contribution >= 0.6 is 24.0 Å². The maximum Gasteiger partial charge on any atom is 0.251 e. The highest BCUT2D eigenvalue weighted by molar-refractivity contribution is 6.30. The minimum atomic E-state index is -0.260. The number of carbonyl (C=O) groups is 2. The molecule has 2 aromatic carbocycles. The van der Waals surface area contributed by atoms with Gasteiger partial charge in [-0.3, -0.25) is 9.59 Å². The molecule has 0 aliphatic carbocycles. The molecule has 0 unspecified atom stereocenters.